The van der Waals surface area contributed by atoms with Crippen molar-refractivity contribution < 1.29 is 24.2 Å². The smallest absolute Gasteiger partial charge is 0.306 e. The molecule has 0 saturated carbocycles. The lowest BCUT2D eigenvalue weighted by Crippen LogP contribution is -2.28. The molecule has 0 heterocycles. The number of carbonyl (C=O) groups is 2. The average molecular weight is 1250 g/mol. The Bertz CT molecular complexity index is 1460. The fraction of sp³-hybridized carbons (Fsp3) is 0.881. The van der Waals surface area contributed by atoms with Crippen molar-refractivity contribution in [1.29, 1.82) is 0 Å². The standard InChI is InChI=1S/C84H158O5/c1-3-5-7-9-11-13-15-17-19-21-23-25-27-29-31-33-35-37-39-41-42-43-45-47-49-51-53-55-57-59-61-63-65-67-69-71-73-75-77-79-84(87)89-82(80-85)81-88-83(86)78-76-74-72-70-68-66-64-62-60-58-56-54-52-50-48-46-44-40-38-36-34-32-30-28-26-24-22-20-18-16-14-12-10-8-6-4-2/h5,7,11,13,17,19,23,25,82,85H,3-4,6,8-10,12,14-16,18,20-22,24,26-81H2,1-2H3/b7-5-,13-11-,19-17-,25-23-. The molecule has 0 aromatic heterocycles. The molecule has 89 heavy (non-hydrogen) atoms. The summed E-state index contributed by atoms with van der Waals surface area (Å²) >= 11 is 0. The number of hydrogen-bond donors (Lipinski definition) is 1. The Morgan fingerprint density at radius 2 is 0.483 bits per heavy atom. The summed E-state index contributed by atoms with van der Waals surface area (Å²) in [5, 5.41) is 9.73. The highest BCUT2D eigenvalue weighted by atomic mass is 16.6. The molecule has 1 unspecified atom stereocenters. The summed E-state index contributed by atoms with van der Waals surface area (Å²) < 4.78 is 10.8. The largest absolute Gasteiger partial charge is 0.462 e. The lowest BCUT2D eigenvalue weighted by Gasteiger charge is -2.15. The van der Waals surface area contributed by atoms with Crippen molar-refractivity contribution in [2.45, 2.75) is 463 Å². The summed E-state index contributed by atoms with van der Waals surface area (Å²) in [6.45, 7) is 4.10. The van der Waals surface area contributed by atoms with Gasteiger partial charge in [-0.05, 0) is 51.4 Å². The lowest BCUT2D eigenvalue weighted by atomic mass is 10.0. The van der Waals surface area contributed by atoms with Crippen LogP contribution in [0.5, 0.6) is 0 Å². The zero-order valence-corrected chi connectivity index (χ0v) is 60.5. The van der Waals surface area contributed by atoms with Crippen LogP contribution in [0.2, 0.25) is 0 Å². The highest BCUT2D eigenvalue weighted by molar-refractivity contribution is 5.70. The van der Waals surface area contributed by atoms with E-state index in [0.29, 0.717) is 12.8 Å². The van der Waals surface area contributed by atoms with E-state index < -0.39 is 6.10 Å². The topological polar surface area (TPSA) is 72.8 Å². The van der Waals surface area contributed by atoms with Gasteiger partial charge in [-0.3, -0.25) is 9.59 Å². The van der Waals surface area contributed by atoms with Gasteiger partial charge in [0.25, 0.3) is 0 Å². The molecule has 1 N–H and O–H groups in total. The SMILES string of the molecule is CC/C=C\C/C=C\C/C=C\C/C=C\CCCCCCCCCCCCCCCCCCCCCCCCCCCCC(=O)OC(CO)COC(=O)CCCCCCCCCCCCCCCCCCCCCCCCCCCCCCCCCCCCCC. The molecular weight excluding hydrogens is 1090 g/mol. The minimum absolute atomic E-state index is 0.0579. The van der Waals surface area contributed by atoms with Crippen LogP contribution in [0, 0.1) is 0 Å². The van der Waals surface area contributed by atoms with Crippen LogP contribution in [0.3, 0.4) is 0 Å². The van der Waals surface area contributed by atoms with Crippen molar-refractivity contribution in [3.8, 4) is 0 Å². The Labute approximate surface area is 558 Å². The van der Waals surface area contributed by atoms with Gasteiger partial charge in [-0.15, -0.1) is 0 Å². The third-order valence-corrected chi connectivity index (χ3v) is 18.9. The second-order valence-corrected chi connectivity index (χ2v) is 27.8. The van der Waals surface area contributed by atoms with Gasteiger partial charge in [-0.2, -0.15) is 0 Å². The van der Waals surface area contributed by atoms with Crippen LogP contribution in [-0.4, -0.2) is 36.4 Å². The number of carbonyl (C=O) groups excluding carboxylic acids is 2. The van der Waals surface area contributed by atoms with Crippen LogP contribution < -0.4 is 0 Å². The predicted octanol–water partition coefficient (Wildman–Crippen LogP) is 28.6. The normalized spacial score (nSPS) is 12.3. The van der Waals surface area contributed by atoms with Gasteiger partial charge in [0.2, 0.25) is 0 Å². The van der Waals surface area contributed by atoms with E-state index in [0.717, 1.165) is 57.8 Å². The van der Waals surface area contributed by atoms with E-state index in [1.807, 2.05) is 0 Å². The molecule has 5 nitrogen and oxygen atoms in total. The molecule has 0 saturated heterocycles. The quantitative estimate of drug-likeness (QED) is 0.0373. The summed E-state index contributed by atoms with van der Waals surface area (Å²) in [7, 11) is 0. The fourth-order valence-electron chi connectivity index (χ4n) is 12.9. The van der Waals surface area contributed by atoms with Gasteiger partial charge in [0.1, 0.15) is 6.61 Å². The van der Waals surface area contributed by atoms with Crippen LogP contribution in [0.1, 0.15) is 457 Å². The van der Waals surface area contributed by atoms with Crippen LogP contribution in [-0.2, 0) is 19.1 Å². The van der Waals surface area contributed by atoms with E-state index in [1.165, 1.54) is 372 Å². The molecule has 0 spiro atoms. The molecule has 5 heteroatoms. The lowest BCUT2D eigenvalue weighted by molar-refractivity contribution is -0.161. The van der Waals surface area contributed by atoms with Crippen LogP contribution >= 0.6 is 0 Å². The molecule has 0 aliphatic rings. The van der Waals surface area contributed by atoms with Crippen molar-refractivity contribution >= 4 is 11.9 Å². The zero-order chi connectivity index (χ0) is 64.0. The number of esters is 2. The first kappa shape index (κ1) is 86.9. The number of hydrogen-bond acceptors (Lipinski definition) is 5. The Kier molecular flexibility index (Phi) is 78.2. The van der Waals surface area contributed by atoms with E-state index in [4.69, 9.17) is 9.47 Å². The highest BCUT2D eigenvalue weighted by Gasteiger charge is 2.16. The predicted molar refractivity (Wildman–Crippen MR) is 394 cm³/mol. The summed E-state index contributed by atoms with van der Waals surface area (Å²) in [6.07, 6.45) is 109. The van der Waals surface area contributed by atoms with Gasteiger partial charge >= 0.3 is 11.9 Å². The maximum atomic E-state index is 12.4. The number of unbranched alkanes of at least 4 members (excludes halogenated alkanes) is 61. The van der Waals surface area contributed by atoms with E-state index in [1.54, 1.807) is 0 Å². The van der Waals surface area contributed by atoms with Gasteiger partial charge in [0, 0.05) is 12.8 Å². The molecule has 0 fully saturated rings. The van der Waals surface area contributed by atoms with E-state index in [-0.39, 0.29) is 25.2 Å². The number of aliphatic hydroxyl groups excluding tert-OH is 1. The molecule has 0 radical (unpaired) electrons. The molecule has 1 atom stereocenters. The summed E-state index contributed by atoms with van der Waals surface area (Å²) in [6, 6.07) is 0. The number of ether oxygens (including phenoxy) is 2. The van der Waals surface area contributed by atoms with Gasteiger partial charge in [0.15, 0.2) is 6.10 Å². The first-order valence-electron chi connectivity index (χ1n) is 40.7. The minimum atomic E-state index is -0.770. The minimum Gasteiger partial charge on any atom is -0.462 e. The van der Waals surface area contributed by atoms with Gasteiger partial charge < -0.3 is 14.6 Å². The Morgan fingerprint density at radius 3 is 0.730 bits per heavy atom. The van der Waals surface area contributed by atoms with Crippen molar-refractivity contribution in [2.24, 2.45) is 0 Å². The third-order valence-electron chi connectivity index (χ3n) is 18.9. The summed E-state index contributed by atoms with van der Waals surface area (Å²) in [5.74, 6) is -0.560. The third kappa shape index (κ3) is 78.2. The van der Waals surface area contributed by atoms with Gasteiger partial charge in [-0.1, -0.05) is 441 Å². The molecule has 0 amide bonds. The van der Waals surface area contributed by atoms with Crippen molar-refractivity contribution in [3.05, 3.63) is 48.6 Å². The highest BCUT2D eigenvalue weighted by Crippen LogP contribution is 2.21. The monoisotopic (exact) mass is 1250 g/mol. The molecule has 0 aromatic rings. The second-order valence-electron chi connectivity index (χ2n) is 27.8. The van der Waals surface area contributed by atoms with Crippen molar-refractivity contribution in [3.63, 3.8) is 0 Å². The number of allylic oxidation sites excluding steroid dienone is 8. The molecule has 0 aromatic carbocycles. The maximum absolute atomic E-state index is 12.4. The van der Waals surface area contributed by atoms with E-state index >= 15 is 0 Å². The van der Waals surface area contributed by atoms with E-state index in [9.17, 15) is 14.7 Å². The molecule has 0 aliphatic heterocycles. The zero-order valence-electron chi connectivity index (χ0n) is 60.5. The molecule has 524 valence electrons. The Balaban J connectivity index is 3.35. The maximum Gasteiger partial charge on any atom is 0.306 e. The number of aliphatic hydroxyl groups is 1. The van der Waals surface area contributed by atoms with Gasteiger partial charge in [0.05, 0.1) is 6.61 Å². The Hall–Kier alpha value is -2.14. The first-order chi connectivity index (χ1) is 44.1. The van der Waals surface area contributed by atoms with Crippen molar-refractivity contribution in [1.82, 2.24) is 0 Å². The molecule has 0 rings (SSSR count). The molecule has 0 bridgehead atoms. The summed E-state index contributed by atoms with van der Waals surface area (Å²) in [5.41, 5.74) is 0. The van der Waals surface area contributed by atoms with Crippen LogP contribution in [0.25, 0.3) is 0 Å². The van der Waals surface area contributed by atoms with Crippen LogP contribution in [0.4, 0.5) is 0 Å². The molecule has 0 aliphatic carbocycles. The Morgan fingerprint density at radius 1 is 0.270 bits per heavy atom. The summed E-state index contributed by atoms with van der Waals surface area (Å²) in [4.78, 5) is 24.7. The van der Waals surface area contributed by atoms with Gasteiger partial charge in [-0.25, -0.2) is 0 Å². The van der Waals surface area contributed by atoms with E-state index in [2.05, 4.69) is 62.5 Å². The van der Waals surface area contributed by atoms with Crippen LogP contribution in [0.15, 0.2) is 48.6 Å². The average Bonchev–Trinajstić information content (AvgIpc) is 3.55. The fourth-order valence-corrected chi connectivity index (χ4v) is 12.9. The molecular formula is C84H158O5. The first-order valence-corrected chi connectivity index (χ1v) is 40.7. The number of rotatable bonds is 77. The van der Waals surface area contributed by atoms with Crippen molar-refractivity contribution in [2.75, 3.05) is 13.2 Å². The second kappa shape index (κ2) is 80.1.